The summed E-state index contributed by atoms with van der Waals surface area (Å²) in [5.41, 5.74) is 0.542. The predicted octanol–water partition coefficient (Wildman–Crippen LogP) is 3.09. The first kappa shape index (κ1) is 20.8. The van der Waals surface area contributed by atoms with Crippen LogP contribution in [0.5, 0.6) is 0 Å². The highest BCUT2D eigenvalue weighted by Gasteiger charge is 2.23. The number of piperidine rings is 1. The van der Waals surface area contributed by atoms with Gasteiger partial charge >= 0.3 is 0 Å². The number of nitrogens with one attached hydrogen (secondary N) is 1. The van der Waals surface area contributed by atoms with Gasteiger partial charge in [-0.05, 0) is 55.7 Å². The van der Waals surface area contributed by atoms with Crippen LogP contribution in [-0.4, -0.2) is 50.3 Å². The number of hydrogen-bond acceptors (Lipinski definition) is 5. The minimum absolute atomic E-state index is 0.138. The molecule has 1 amide bonds. The standard InChI is InChI=1S/C19H23BrN4O3S/c1-23(28(26,27)17-8-5-15(20)6-9-17)14-19(25)22-16-7-10-18(21-13-16)24-11-3-2-4-12-24/h5-10,13H,2-4,11-12,14H2,1H3,(H,22,25). The van der Waals surface area contributed by atoms with Gasteiger partial charge in [-0.2, -0.15) is 4.31 Å². The number of benzene rings is 1. The number of hydrogen-bond donors (Lipinski definition) is 1. The maximum absolute atomic E-state index is 12.6. The van der Waals surface area contributed by atoms with Crippen LogP contribution >= 0.6 is 15.9 Å². The van der Waals surface area contributed by atoms with Crippen molar-refractivity contribution in [3.8, 4) is 0 Å². The van der Waals surface area contributed by atoms with Crippen molar-refractivity contribution in [2.24, 2.45) is 0 Å². The Kier molecular flexibility index (Phi) is 6.69. The number of aromatic nitrogens is 1. The van der Waals surface area contributed by atoms with Gasteiger partial charge in [0.1, 0.15) is 5.82 Å². The number of rotatable bonds is 6. The number of anilines is 2. The van der Waals surface area contributed by atoms with E-state index in [-0.39, 0.29) is 11.4 Å². The third-order valence-electron chi connectivity index (χ3n) is 4.60. The first-order chi connectivity index (χ1) is 13.4. The highest BCUT2D eigenvalue weighted by Crippen LogP contribution is 2.20. The van der Waals surface area contributed by atoms with Crippen molar-refractivity contribution in [2.75, 3.05) is 36.9 Å². The molecular weight excluding hydrogens is 444 g/mol. The summed E-state index contributed by atoms with van der Waals surface area (Å²) in [4.78, 5) is 19.1. The minimum atomic E-state index is -3.73. The average molecular weight is 467 g/mol. The predicted molar refractivity (Wildman–Crippen MR) is 113 cm³/mol. The van der Waals surface area contributed by atoms with Crippen LogP contribution in [0.25, 0.3) is 0 Å². The molecular formula is C19H23BrN4O3S. The van der Waals surface area contributed by atoms with Crippen LogP contribution in [0, 0.1) is 0 Å². The van der Waals surface area contributed by atoms with Crippen LogP contribution in [0.3, 0.4) is 0 Å². The molecule has 2 heterocycles. The summed E-state index contributed by atoms with van der Waals surface area (Å²) in [6.07, 6.45) is 5.19. The van der Waals surface area contributed by atoms with E-state index in [0.29, 0.717) is 5.69 Å². The Morgan fingerprint density at radius 1 is 1.14 bits per heavy atom. The van der Waals surface area contributed by atoms with Crippen LogP contribution in [-0.2, 0) is 14.8 Å². The molecule has 1 saturated heterocycles. The molecule has 1 aromatic carbocycles. The summed E-state index contributed by atoms with van der Waals surface area (Å²) in [5.74, 6) is 0.475. The molecule has 0 saturated carbocycles. The maximum atomic E-state index is 12.6. The molecule has 28 heavy (non-hydrogen) atoms. The monoisotopic (exact) mass is 466 g/mol. The minimum Gasteiger partial charge on any atom is -0.357 e. The zero-order valence-corrected chi connectivity index (χ0v) is 18.0. The lowest BCUT2D eigenvalue weighted by molar-refractivity contribution is -0.116. The van der Waals surface area contributed by atoms with E-state index in [1.165, 1.54) is 38.4 Å². The smallest absolute Gasteiger partial charge is 0.243 e. The van der Waals surface area contributed by atoms with Gasteiger partial charge in [0.15, 0.2) is 0 Å². The lowest BCUT2D eigenvalue weighted by Gasteiger charge is -2.27. The van der Waals surface area contributed by atoms with Gasteiger partial charge in [0.05, 0.1) is 23.3 Å². The van der Waals surface area contributed by atoms with Gasteiger partial charge in [0.2, 0.25) is 15.9 Å². The Labute approximate surface area is 173 Å². The number of sulfonamides is 1. The summed E-state index contributed by atoms with van der Waals surface area (Å²) in [7, 11) is -2.35. The summed E-state index contributed by atoms with van der Waals surface area (Å²) in [5, 5.41) is 2.70. The second kappa shape index (κ2) is 9.02. The van der Waals surface area contributed by atoms with E-state index in [0.717, 1.165) is 27.7 Å². The van der Waals surface area contributed by atoms with E-state index >= 15 is 0 Å². The normalized spacial score (nSPS) is 14.9. The lowest BCUT2D eigenvalue weighted by Crippen LogP contribution is -2.35. The highest BCUT2D eigenvalue weighted by molar-refractivity contribution is 9.10. The molecule has 7 nitrogen and oxygen atoms in total. The number of pyridine rings is 1. The van der Waals surface area contributed by atoms with E-state index in [9.17, 15) is 13.2 Å². The van der Waals surface area contributed by atoms with Crippen LogP contribution in [0.2, 0.25) is 0 Å². The third-order valence-corrected chi connectivity index (χ3v) is 6.95. The fraction of sp³-hybridized carbons (Fsp3) is 0.368. The molecule has 0 unspecified atom stereocenters. The molecule has 1 aromatic heterocycles. The van der Waals surface area contributed by atoms with Crippen molar-refractivity contribution in [1.82, 2.24) is 9.29 Å². The molecule has 0 atom stereocenters. The molecule has 2 aromatic rings. The molecule has 0 aliphatic carbocycles. The zero-order chi connectivity index (χ0) is 20.1. The van der Waals surface area contributed by atoms with Gasteiger partial charge in [-0.15, -0.1) is 0 Å². The highest BCUT2D eigenvalue weighted by atomic mass is 79.9. The molecule has 150 valence electrons. The number of nitrogens with zero attached hydrogens (tertiary/aromatic N) is 3. The van der Waals surface area contributed by atoms with Crippen molar-refractivity contribution < 1.29 is 13.2 Å². The number of carbonyl (C=O) groups is 1. The average Bonchev–Trinajstić information content (AvgIpc) is 2.69. The van der Waals surface area contributed by atoms with Crippen molar-refractivity contribution in [1.29, 1.82) is 0 Å². The fourth-order valence-electron chi connectivity index (χ4n) is 3.04. The molecule has 0 spiro atoms. The topological polar surface area (TPSA) is 82.6 Å². The van der Waals surface area contributed by atoms with Gasteiger partial charge < -0.3 is 10.2 Å². The molecule has 1 aliphatic rings. The van der Waals surface area contributed by atoms with E-state index in [1.54, 1.807) is 24.4 Å². The summed E-state index contributed by atoms with van der Waals surface area (Å²) >= 11 is 3.28. The van der Waals surface area contributed by atoms with Crippen molar-refractivity contribution in [2.45, 2.75) is 24.2 Å². The van der Waals surface area contributed by atoms with Gasteiger partial charge in [-0.1, -0.05) is 15.9 Å². The Morgan fingerprint density at radius 2 is 1.82 bits per heavy atom. The van der Waals surface area contributed by atoms with Crippen LogP contribution < -0.4 is 10.2 Å². The number of likely N-dealkylation sites (N-methyl/N-ethyl adjacent to an activating group) is 1. The molecule has 1 aliphatic heterocycles. The fourth-order valence-corrected chi connectivity index (χ4v) is 4.44. The third kappa shape index (κ3) is 5.09. The molecule has 3 rings (SSSR count). The van der Waals surface area contributed by atoms with Crippen LogP contribution in [0.4, 0.5) is 11.5 Å². The van der Waals surface area contributed by atoms with Crippen molar-refractivity contribution in [3.63, 3.8) is 0 Å². The SMILES string of the molecule is CN(CC(=O)Nc1ccc(N2CCCCC2)nc1)S(=O)(=O)c1ccc(Br)cc1. The number of amides is 1. The Bertz CT molecular complexity index is 911. The van der Waals surface area contributed by atoms with Crippen LogP contribution in [0.15, 0.2) is 52.0 Å². The Morgan fingerprint density at radius 3 is 2.43 bits per heavy atom. The molecule has 0 radical (unpaired) electrons. The van der Waals surface area contributed by atoms with Gasteiger partial charge in [-0.3, -0.25) is 4.79 Å². The van der Waals surface area contributed by atoms with Gasteiger partial charge in [0.25, 0.3) is 0 Å². The molecule has 1 fully saturated rings. The van der Waals surface area contributed by atoms with Crippen LogP contribution in [0.1, 0.15) is 19.3 Å². The quantitative estimate of drug-likeness (QED) is 0.706. The van der Waals surface area contributed by atoms with Crippen molar-refractivity contribution >= 4 is 43.4 Å². The van der Waals surface area contributed by atoms with Gasteiger partial charge in [0, 0.05) is 24.6 Å². The number of halogens is 1. The first-order valence-electron chi connectivity index (χ1n) is 9.09. The number of carbonyl (C=O) groups excluding carboxylic acids is 1. The molecule has 0 bridgehead atoms. The zero-order valence-electron chi connectivity index (χ0n) is 15.6. The second-order valence-corrected chi connectivity index (χ2v) is 9.68. The summed E-state index contributed by atoms with van der Waals surface area (Å²) in [6, 6.07) is 9.96. The molecule has 1 N–H and O–H groups in total. The largest absolute Gasteiger partial charge is 0.357 e. The van der Waals surface area contributed by atoms with E-state index in [4.69, 9.17) is 0 Å². The summed E-state index contributed by atoms with van der Waals surface area (Å²) < 4.78 is 26.9. The van der Waals surface area contributed by atoms with E-state index < -0.39 is 15.9 Å². The first-order valence-corrected chi connectivity index (χ1v) is 11.3. The Hall–Kier alpha value is -1.97. The van der Waals surface area contributed by atoms with Crippen molar-refractivity contribution in [3.05, 3.63) is 47.1 Å². The van der Waals surface area contributed by atoms with E-state index in [1.807, 2.05) is 6.07 Å². The molecule has 9 heteroatoms. The maximum Gasteiger partial charge on any atom is 0.243 e. The van der Waals surface area contributed by atoms with Gasteiger partial charge in [-0.25, -0.2) is 13.4 Å². The summed E-state index contributed by atoms with van der Waals surface area (Å²) in [6.45, 7) is 1.71. The van der Waals surface area contributed by atoms with E-state index in [2.05, 4.69) is 31.1 Å². The second-order valence-electron chi connectivity index (χ2n) is 6.72. The lowest BCUT2D eigenvalue weighted by atomic mass is 10.1. The Balaban J connectivity index is 1.59.